The number of nitrogen functional groups attached to an aromatic ring is 1. The summed E-state index contributed by atoms with van der Waals surface area (Å²) in [4.78, 5) is 21.3. The zero-order valence-corrected chi connectivity index (χ0v) is 23.5. The second-order valence-electron chi connectivity index (χ2n) is 10.5. The summed E-state index contributed by atoms with van der Waals surface area (Å²) in [6.45, 7) is 6.85. The number of hydrogen-bond acceptors (Lipinski definition) is 9. The summed E-state index contributed by atoms with van der Waals surface area (Å²) in [5.41, 5.74) is 6.40. The Morgan fingerprint density at radius 2 is 1.98 bits per heavy atom. The van der Waals surface area contributed by atoms with Crippen molar-refractivity contribution in [1.82, 2.24) is 24.8 Å². The van der Waals surface area contributed by atoms with Crippen molar-refractivity contribution in [3.8, 4) is 22.9 Å². The van der Waals surface area contributed by atoms with E-state index in [1.165, 1.54) is 23.7 Å². The van der Waals surface area contributed by atoms with Crippen LogP contribution in [0.15, 0.2) is 42.7 Å². The molecule has 1 aliphatic heterocycles. The molecular formula is C28H32F3N7OS. The van der Waals surface area contributed by atoms with Gasteiger partial charge in [0.15, 0.2) is 10.9 Å². The fourth-order valence-corrected chi connectivity index (χ4v) is 5.91. The van der Waals surface area contributed by atoms with Gasteiger partial charge in [0.1, 0.15) is 23.4 Å². The molecule has 0 radical (unpaired) electrons. The molecule has 0 amide bonds. The van der Waals surface area contributed by atoms with Crippen molar-refractivity contribution in [2.45, 2.75) is 45.3 Å². The summed E-state index contributed by atoms with van der Waals surface area (Å²) in [6, 6.07) is 9.71. The highest BCUT2D eigenvalue weighted by Crippen LogP contribution is 2.37. The van der Waals surface area contributed by atoms with Crippen molar-refractivity contribution in [2.24, 2.45) is 5.92 Å². The molecule has 12 heteroatoms. The lowest BCUT2D eigenvalue weighted by Gasteiger charge is -2.39. The summed E-state index contributed by atoms with van der Waals surface area (Å²) in [5.74, 6) is 1.41. The number of para-hydroxylation sites is 1. The van der Waals surface area contributed by atoms with Crippen LogP contribution in [0.4, 0.5) is 24.1 Å². The number of pyridine rings is 1. The van der Waals surface area contributed by atoms with Crippen molar-refractivity contribution in [1.29, 1.82) is 0 Å². The average Bonchev–Trinajstić information content (AvgIpc) is 3.30. The highest BCUT2D eigenvalue weighted by Gasteiger charge is 2.34. The number of nitrogens with zero attached hydrogens (tertiary/aromatic N) is 6. The lowest BCUT2D eigenvalue weighted by atomic mass is 10.00. The third-order valence-corrected chi connectivity index (χ3v) is 7.74. The maximum atomic E-state index is 13.7. The fourth-order valence-electron chi connectivity index (χ4n) is 5.15. The quantitative estimate of drug-likeness (QED) is 0.257. The van der Waals surface area contributed by atoms with Gasteiger partial charge in [-0.2, -0.15) is 13.2 Å². The van der Waals surface area contributed by atoms with Crippen LogP contribution in [-0.4, -0.2) is 57.6 Å². The van der Waals surface area contributed by atoms with E-state index in [1.54, 1.807) is 19.2 Å². The number of likely N-dealkylation sites (N-methyl/N-ethyl adjacent to an activating group) is 1. The minimum atomic E-state index is -4.57. The fraction of sp³-hybridized carbons (Fsp3) is 0.429. The van der Waals surface area contributed by atoms with Crippen LogP contribution in [-0.2, 0) is 6.18 Å². The molecule has 0 unspecified atom stereocenters. The maximum Gasteiger partial charge on any atom is 0.433 e. The van der Waals surface area contributed by atoms with Gasteiger partial charge in [0.05, 0.1) is 10.4 Å². The smallest absolute Gasteiger partial charge is 0.433 e. The number of piperidine rings is 1. The lowest BCUT2D eigenvalue weighted by Crippen LogP contribution is -2.47. The molecule has 1 atom stereocenters. The van der Waals surface area contributed by atoms with Crippen molar-refractivity contribution in [3.63, 3.8) is 0 Å². The van der Waals surface area contributed by atoms with Crippen LogP contribution in [0.3, 0.4) is 0 Å². The molecule has 0 spiro atoms. The molecule has 0 saturated carbocycles. The standard InChI is InChI=1S/C28H32F3N7OS/c1-17(2)14-38-12-5-4-7-18(38)15-37(3)26-19(10-11-23(35-26)28(29,30)31)20-13-24(34-16-33-20)39-21-8-6-9-22-25(21)36-27(32)40-22/h6,8-11,13,16-18H,4-5,7,12,14-15H2,1-3H3,(H2,32,36)/t18-/m0/s1. The van der Waals surface area contributed by atoms with Gasteiger partial charge in [0.25, 0.3) is 0 Å². The number of nitrogens with two attached hydrogens (primary N) is 1. The first-order chi connectivity index (χ1) is 19.1. The van der Waals surface area contributed by atoms with Crippen LogP contribution in [0.25, 0.3) is 21.5 Å². The number of hydrogen-bond donors (Lipinski definition) is 1. The molecule has 5 rings (SSSR count). The molecule has 1 fully saturated rings. The van der Waals surface area contributed by atoms with Gasteiger partial charge in [-0.1, -0.05) is 37.7 Å². The number of halogens is 3. The number of likely N-dealkylation sites (tertiary alicyclic amines) is 1. The van der Waals surface area contributed by atoms with Crippen molar-refractivity contribution in [3.05, 3.63) is 48.4 Å². The summed E-state index contributed by atoms with van der Waals surface area (Å²) in [7, 11) is 1.79. The van der Waals surface area contributed by atoms with Gasteiger partial charge in [-0.25, -0.2) is 19.9 Å². The molecule has 4 aromatic rings. The number of thiazole rings is 1. The minimum Gasteiger partial charge on any atom is -0.437 e. The van der Waals surface area contributed by atoms with Crippen LogP contribution in [0.2, 0.25) is 0 Å². The third-order valence-electron chi connectivity index (χ3n) is 6.89. The summed E-state index contributed by atoms with van der Waals surface area (Å²) in [6.07, 6.45) is -0.0295. The molecule has 4 heterocycles. The second kappa shape index (κ2) is 11.5. The van der Waals surface area contributed by atoms with Gasteiger partial charge in [0, 0.05) is 37.8 Å². The van der Waals surface area contributed by atoms with E-state index in [4.69, 9.17) is 10.5 Å². The highest BCUT2D eigenvalue weighted by molar-refractivity contribution is 7.22. The van der Waals surface area contributed by atoms with Crippen LogP contribution in [0.1, 0.15) is 38.8 Å². The second-order valence-corrected chi connectivity index (χ2v) is 11.5. The van der Waals surface area contributed by atoms with E-state index >= 15 is 0 Å². The Bertz CT molecular complexity index is 1480. The zero-order valence-electron chi connectivity index (χ0n) is 22.6. The normalized spacial score (nSPS) is 16.5. The number of aromatic nitrogens is 4. The Morgan fingerprint density at radius 1 is 1.15 bits per heavy atom. The van der Waals surface area contributed by atoms with Crippen molar-refractivity contribution in [2.75, 3.05) is 37.3 Å². The molecular weight excluding hydrogens is 539 g/mol. The van der Waals surface area contributed by atoms with Gasteiger partial charge in [-0.3, -0.25) is 4.90 Å². The number of rotatable bonds is 8. The summed E-state index contributed by atoms with van der Waals surface area (Å²) < 4.78 is 48.1. The van der Waals surface area contributed by atoms with Crippen LogP contribution < -0.4 is 15.4 Å². The Kier molecular flexibility index (Phi) is 8.09. The number of benzene rings is 1. The van der Waals surface area contributed by atoms with Gasteiger partial charge in [0.2, 0.25) is 5.88 Å². The zero-order chi connectivity index (χ0) is 28.4. The van der Waals surface area contributed by atoms with Gasteiger partial charge in [-0.05, 0) is 49.6 Å². The number of anilines is 2. The SMILES string of the molecule is CC(C)CN1CCCC[C@H]1CN(C)c1nc(C(F)(F)F)ccc1-c1cc(Oc2cccc3sc(N)nc23)ncn1. The van der Waals surface area contributed by atoms with E-state index in [0.717, 1.165) is 43.1 Å². The Hall–Kier alpha value is -3.51. The van der Waals surface area contributed by atoms with Crippen LogP contribution in [0.5, 0.6) is 11.6 Å². The van der Waals surface area contributed by atoms with E-state index in [1.807, 2.05) is 17.0 Å². The van der Waals surface area contributed by atoms with Crippen LogP contribution >= 0.6 is 11.3 Å². The third kappa shape index (κ3) is 6.28. The first kappa shape index (κ1) is 28.0. The largest absolute Gasteiger partial charge is 0.437 e. The molecule has 2 N–H and O–H groups in total. The lowest BCUT2D eigenvalue weighted by molar-refractivity contribution is -0.141. The molecule has 1 aromatic carbocycles. The predicted molar refractivity (Wildman–Crippen MR) is 152 cm³/mol. The van der Waals surface area contributed by atoms with Crippen molar-refractivity contribution >= 4 is 32.5 Å². The van der Waals surface area contributed by atoms with Crippen molar-refractivity contribution < 1.29 is 17.9 Å². The molecule has 40 heavy (non-hydrogen) atoms. The number of alkyl halides is 3. The first-order valence-corrected chi connectivity index (χ1v) is 14.1. The van der Waals surface area contributed by atoms with E-state index < -0.39 is 11.9 Å². The van der Waals surface area contributed by atoms with Gasteiger partial charge in [-0.15, -0.1) is 0 Å². The van der Waals surface area contributed by atoms with E-state index in [9.17, 15) is 13.2 Å². The molecule has 8 nitrogen and oxygen atoms in total. The Labute approximate surface area is 235 Å². The van der Waals surface area contributed by atoms with E-state index in [0.29, 0.717) is 40.1 Å². The number of fused-ring (bicyclic) bond motifs is 1. The molecule has 212 valence electrons. The van der Waals surface area contributed by atoms with Gasteiger partial charge >= 0.3 is 6.18 Å². The number of ether oxygens (including phenoxy) is 1. The molecule has 1 aliphatic rings. The summed E-state index contributed by atoms with van der Waals surface area (Å²) in [5, 5.41) is 0.419. The monoisotopic (exact) mass is 571 g/mol. The maximum absolute atomic E-state index is 13.7. The molecule has 1 saturated heterocycles. The van der Waals surface area contributed by atoms with E-state index in [-0.39, 0.29) is 17.7 Å². The Balaban J connectivity index is 1.48. The van der Waals surface area contributed by atoms with E-state index in [2.05, 4.69) is 38.7 Å². The molecule has 0 bridgehead atoms. The van der Waals surface area contributed by atoms with Gasteiger partial charge < -0.3 is 15.4 Å². The average molecular weight is 572 g/mol. The predicted octanol–water partition coefficient (Wildman–Crippen LogP) is 6.49. The first-order valence-electron chi connectivity index (χ1n) is 13.3. The summed E-state index contributed by atoms with van der Waals surface area (Å²) >= 11 is 1.35. The van der Waals surface area contributed by atoms with Crippen LogP contribution in [0, 0.1) is 5.92 Å². The highest BCUT2D eigenvalue weighted by atomic mass is 32.1. The topological polar surface area (TPSA) is 93.3 Å². The molecule has 0 aliphatic carbocycles. The Morgan fingerprint density at radius 3 is 2.75 bits per heavy atom. The minimum absolute atomic E-state index is 0.212. The molecule has 3 aromatic heterocycles.